The summed E-state index contributed by atoms with van der Waals surface area (Å²) in [6.45, 7) is 2.48. The summed E-state index contributed by atoms with van der Waals surface area (Å²) in [5, 5.41) is 5.32. The molecule has 1 saturated carbocycles. The number of hydrazone groups is 1. The summed E-state index contributed by atoms with van der Waals surface area (Å²) in [5.41, 5.74) is 2.99. The van der Waals surface area contributed by atoms with Crippen LogP contribution in [0, 0.1) is 34.2 Å². The van der Waals surface area contributed by atoms with Crippen molar-refractivity contribution in [1.82, 2.24) is 5.01 Å². The third kappa shape index (κ3) is 3.62. The first-order valence-corrected chi connectivity index (χ1v) is 11.7. The zero-order valence-corrected chi connectivity index (χ0v) is 20.0. The molecule has 0 N–H and O–H groups in total. The Morgan fingerprint density at radius 2 is 1.84 bits per heavy atom. The highest BCUT2D eigenvalue weighted by Crippen LogP contribution is 2.52. The SMILES string of the molecule is COc1cc(C=NN2C(=O)[C@@H]3[C@H](C2=O)[C@H]2C=C[C@H]3C2)cc(I)c1OCc1cccc(C)c1. The molecule has 164 valence electrons. The molecule has 1 heterocycles. The predicted octanol–water partition coefficient (Wildman–Crippen LogP) is 4.33. The normalized spacial score (nSPS) is 25.8. The molecule has 3 aliphatic rings. The van der Waals surface area contributed by atoms with Gasteiger partial charge in [0.25, 0.3) is 11.8 Å². The molecular weight excluding hydrogens is 519 g/mol. The standard InChI is InChI=1S/C25H23IN2O4/c1-14-4-3-5-15(8-14)13-32-23-19(26)9-16(10-20(23)31-2)12-27-28-24(29)21-17-6-7-18(11-17)22(21)25(28)30/h3-10,12,17-18,21-22H,11,13H2,1-2H3/t17-,18-,21-,22+/m0/s1. The lowest BCUT2D eigenvalue weighted by molar-refractivity contribution is -0.140. The number of rotatable bonds is 6. The number of fused-ring (bicyclic) bond motifs is 5. The maximum absolute atomic E-state index is 12.8. The van der Waals surface area contributed by atoms with Crippen LogP contribution in [0.1, 0.15) is 23.1 Å². The van der Waals surface area contributed by atoms with Crippen molar-refractivity contribution in [1.29, 1.82) is 0 Å². The smallest absolute Gasteiger partial charge is 0.254 e. The lowest BCUT2D eigenvalue weighted by Gasteiger charge is -2.14. The van der Waals surface area contributed by atoms with Crippen LogP contribution in [-0.4, -0.2) is 30.1 Å². The van der Waals surface area contributed by atoms with Gasteiger partial charge in [0.2, 0.25) is 0 Å². The lowest BCUT2D eigenvalue weighted by atomic mass is 9.85. The van der Waals surface area contributed by atoms with Gasteiger partial charge in [0.05, 0.1) is 28.7 Å². The molecule has 2 aromatic carbocycles. The fourth-order valence-corrected chi connectivity index (χ4v) is 5.82. The van der Waals surface area contributed by atoms with Crippen molar-refractivity contribution in [2.75, 3.05) is 7.11 Å². The number of ether oxygens (including phenoxy) is 2. The Morgan fingerprint density at radius 3 is 2.50 bits per heavy atom. The van der Waals surface area contributed by atoms with Crippen molar-refractivity contribution in [2.24, 2.45) is 28.8 Å². The summed E-state index contributed by atoms with van der Waals surface area (Å²) in [7, 11) is 1.59. The molecule has 32 heavy (non-hydrogen) atoms. The number of methoxy groups -OCH3 is 1. The number of carbonyl (C=O) groups is 2. The number of hydrogen-bond donors (Lipinski definition) is 0. The first-order chi connectivity index (χ1) is 15.5. The second-order valence-electron chi connectivity index (χ2n) is 8.54. The van der Waals surface area contributed by atoms with Crippen LogP contribution >= 0.6 is 22.6 Å². The van der Waals surface area contributed by atoms with Gasteiger partial charge in [-0.1, -0.05) is 42.0 Å². The van der Waals surface area contributed by atoms with E-state index in [9.17, 15) is 9.59 Å². The maximum atomic E-state index is 12.8. The molecule has 2 amide bonds. The maximum Gasteiger partial charge on any atom is 0.254 e. The number of aryl methyl sites for hydroxylation is 1. The molecule has 6 nitrogen and oxygen atoms in total. The van der Waals surface area contributed by atoms with E-state index in [2.05, 4.69) is 45.9 Å². The Kier molecular flexibility index (Phi) is 5.53. The molecule has 2 bridgehead atoms. The fourth-order valence-electron chi connectivity index (χ4n) is 5.04. The Labute approximate surface area is 200 Å². The monoisotopic (exact) mass is 542 g/mol. The van der Waals surface area contributed by atoms with Gasteiger partial charge in [0.1, 0.15) is 6.61 Å². The molecule has 1 aliphatic heterocycles. The Morgan fingerprint density at radius 1 is 1.12 bits per heavy atom. The predicted molar refractivity (Wildman–Crippen MR) is 128 cm³/mol. The van der Waals surface area contributed by atoms with E-state index in [0.29, 0.717) is 18.1 Å². The number of hydrogen-bond acceptors (Lipinski definition) is 5. The zero-order valence-electron chi connectivity index (χ0n) is 17.8. The quantitative estimate of drug-likeness (QED) is 0.236. The van der Waals surface area contributed by atoms with E-state index in [0.717, 1.165) is 26.1 Å². The third-order valence-electron chi connectivity index (χ3n) is 6.49. The summed E-state index contributed by atoms with van der Waals surface area (Å²) < 4.78 is 12.4. The summed E-state index contributed by atoms with van der Waals surface area (Å²) >= 11 is 2.19. The van der Waals surface area contributed by atoms with E-state index in [4.69, 9.17) is 9.47 Å². The zero-order chi connectivity index (χ0) is 22.4. The first kappa shape index (κ1) is 21.2. The molecule has 0 unspecified atom stereocenters. The Bertz CT molecular complexity index is 1130. The molecule has 7 heteroatoms. The summed E-state index contributed by atoms with van der Waals surface area (Å²) in [5.74, 6) is 0.700. The van der Waals surface area contributed by atoms with Gasteiger partial charge in [0.15, 0.2) is 11.5 Å². The van der Waals surface area contributed by atoms with Gasteiger partial charge in [-0.3, -0.25) is 9.59 Å². The summed E-state index contributed by atoms with van der Waals surface area (Å²) in [6, 6.07) is 11.9. The molecule has 2 aromatic rings. The number of allylic oxidation sites excluding steroid dienone is 2. The second kappa shape index (κ2) is 8.35. The van der Waals surface area contributed by atoms with E-state index in [1.165, 1.54) is 5.56 Å². The second-order valence-corrected chi connectivity index (χ2v) is 9.71. The van der Waals surface area contributed by atoms with Gasteiger partial charge >= 0.3 is 0 Å². The highest BCUT2D eigenvalue weighted by atomic mass is 127. The van der Waals surface area contributed by atoms with Crippen LogP contribution in [0.15, 0.2) is 53.7 Å². The number of carbonyl (C=O) groups excluding carboxylic acids is 2. The number of imide groups is 1. The average molecular weight is 542 g/mol. The van der Waals surface area contributed by atoms with Crippen LogP contribution in [0.25, 0.3) is 0 Å². The van der Waals surface area contributed by atoms with Gasteiger partial charge in [-0.05, 0) is 71.0 Å². The van der Waals surface area contributed by atoms with Crippen LogP contribution in [0.5, 0.6) is 11.5 Å². The molecule has 4 atom stereocenters. The number of amides is 2. The minimum absolute atomic E-state index is 0.174. The van der Waals surface area contributed by atoms with Gasteiger partial charge in [-0.25, -0.2) is 0 Å². The van der Waals surface area contributed by atoms with Crippen LogP contribution in [-0.2, 0) is 16.2 Å². The molecule has 5 rings (SSSR count). The van der Waals surface area contributed by atoms with E-state index in [1.807, 2.05) is 31.2 Å². The van der Waals surface area contributed by atoms with E-state index >= 15 is 0 Å². The topological polar surface area (TPSA) is 68.2 Å². The van der Waals surface area contributed by atoms with Crippen molar-refractivity contribution in [2.45, 2.75) is 20.0 Å². The third-order valence-corrected chi connectivity index (χ3v) is 7.29. The Balaban J connectivity index is 1.33. The highest BCUT2D eigenvalue weighted by Gasteiger charge is 2.59. The summed E-state index contributed by atoms with van der Waals surface area (Å²) in [4.78, 5) is 25.6. The largest absolute Gasteiger partial charge is 0.493 e. The molecule has 1 saturated heterocycles. The van der Waals surface area contributed by atoms with E-state index in [-0.39, 0.29) is 35.5 Å². The van der Waals surface area contributed by atoms with E-state index < -0.39 is 0 Å². The molecule has 2 fully saturated rings. The van der Waals surface area contributed by atoms with Crippen LogP contribution < -0.4 is 9.47 Å². The van der Waals surface area contributed by atoms with Crippen molar-refractivity contribution >= 4 is 40.6 Å². The van der Waals surface area contributed by atoms with Crippen molar-refractivity contribution in [3.8, 4) is 11.5 Å². The number of halogens is 1. The average Bonchev–Trinajstić information content (AvgIpc) is 3.45. The number of nitrogens with zero attached hydrogens (tertiary/aromatic N) is 2. The first-order valence-electron chi connectivity index (χ1n) is 10.6. The van der Waals surface area contributed by atoms with Gasteiger partial charge in [-0.2, -0.15) is 10.1 Å². The van der Waals surface area contributed by atoms with Crippen molar-refractivity contribution < 1.29 is 19.1 Å². The summed E-state index contributed by atoms with van der Waals surface area (Å²) in [6.07, 6.45) is 6.60. The molecular formula is C25H23IN2O4. The minimum Gasteiger partial charge on any atom is -0.493 e. The van der Waals surface area contributed by atoms with Crippen molar-refractivity contribution in [3.05, 3.63) is 68.8 Å². The minimum atomic E-state index is -0.248. The fraction of sp³-hybridized carbons (Fsp3) is 0.320. The highest BCUT2D eigenvalue weighted by molar-refractivity contribution is 14.1. The van der Waals surface area contributed by atoms with Crippen LogP contribution in [0.3, 0.4) is 0 Å². The van der Waals surface area contributed by atoms with Crippen LogP contribution in [0.2, 0.25) is 0 Å². The van der Waals surface area contributed by atoms with Gasteiger partial charge in [0, 0.05) is 0 Å². The van der Waals surface area contributed by atoms with Crippen molar-refractivity contribution in [3.63, 3.8) is 0 Å². The van der Waals surface area contributed by atoms with Gasteiger partial charge < -0.3 is 9.47 Å². The van der Waals surface area contributed by atoms with Crippen LogP contribution in [0.4, 0.5) is 0 Å². The molecule has 0 spiro atoms. The number of benzene rings is 2. The van der Waals surface area contributed by atoms with Gasteiger partial charge in [-0.15, -0.1) is 0 Å². The lowest BCUT2D eigenvalue weighted by Crippen LogP contribution is -2.28. The molecule has 0 aromatic heterocycles. The molecule has 0 radical (unpaired) electrons. The Hall–Kier alpha value is -2.68. The van der Waals surface area contributed by atoms with E-state index in [1.54, 1.807) is 19.4 Å². The molecule has 2 aliphatic carbocycles.